The van der Waals surface area contributed by atoms with Crippen molar-refractivity contribution in [2.75, 3.05) is 35.2 Å². The lowest BCUT2D eigenvalue weighted by atomic mass is 10.1. The van der Waals surface area contributed by atoms with Crippen molar-refractivity contribution in [3.8, 4) is 40.0 Å². The average Bonchev–Trinajstić information content (AvgIpc) is 3.46. The molecule has 0 unspecified atom stereocenters. The third-order valence-electron chi connectivity index (χ3n) is 4.87. The van der Waals surface area contributed by atoms with E-state index in [1.807, 2.05) is 5.38 Å². The maximum atomic E-state index is 11.6. The number of hydrogen-bond acceptors (Lipinski definition) is 10. The smallest absolute Gasteiger partial charge is 0.282 e. The first kappa shape index (κ1) is 22.1. The fraction of sp³-hybridized carbons (Fsp3) is 0.238. The van der Waals surface area contributed by atoms with Gasteiger partial charge in [-0.15, -0.1) is 11.3 Å². The summed E-state index contributed by atoms with van der Waals surface area (Å²) in [5, 5.41) is 18.0. The lowest BCUT2D eigenvalue weighted by molar-refractivity contribution is -0.385. The number of rotatable bonds is 7. The van der Waals surface area contributed by atoms with E-state index in [2.05, 4.69) is 10.1 Å². The number of benzene rings is 2. The van der Waals surface area contributed by atoms with Crippen molar-refractivity contribution >= 4 is 23.2 Å². The molecule has 0 aliphatic carbocycles. The van der Waals surface area contributed by atoms with Crippen LogP contribution in [0.25, 0.3) is 11.3 Å². The van der Waals surface area contributed by atoms with Crippen molar-refractivity contribution in [3.63, 3.8) is 0 Å². The van der Waals surface area contributed by atoms with Crippen LogP contribution in [-0.4, -0.2) is 51.0 Å². The van der Waals surface area contributed by atoms with Crippen LogP contribution in [0.15, 0.2) is 39.7 Å². The van der Waals surface area contributed by atoms with Gasteiger partial charge in [0.2, 0.25) is 17.3 Å². The summed E-state index contributed by atoms with van der Waals surface area (Å²) in [5.74, 6) is 2.17. The molecule has 172 valence electrons. The number of fused-ring (bicyclic) bond motifs is 1. The number of methoxy groups -OCH3 is 3. The summed E-state index contributed by atoms with van der Waals surface area (Å²) in [6, 6.07) is 6.43. The minimum Gasteiger partial charge on any atom is -0.493 e. The van der Waals surface area contributed by atoms with Crippen LogP contribution in [0.4, 0.5) is 5.69 Å². The van der Waals surface area contributed by atoms with E-state index >= 15 is 0 Å². The molecule has 0 amide bonds. The van der Waals surface area contributed by atoms with E-state index in [9.17, 15) is 10.1 Å². The summed E-state index contributed by atoms with van der Waals surface area (Å²) in [6.45, 7) is 0.0104. The Morgan fingerprint density at radius 3 is 2.33 bits per heavy atom. The van der Waals surface area contributed by atoms with Crippen LogP contribution in [0.5, 0.6) is 28.7 Å². The van der Waals surface area contributed by atoms with Crippen LogP contribution in [0.3, 0.4) is 0 Å². The monoisotopic (exact) mass is 472 g/mol. The van der Waals surface area contributed by atoms with E-state index in [4.69, 9.17) is 23.7 Å². The summed E-state index contributed by atoms with van der Waals surface area (Å²) >= 11 is 1.36. The zero-order chi connectivity index (χ0) is 23.5. The minimum atomic E-state index is -0.493. The Morgan fingerprint density at radius 1 is 1.09 bits per heavy atom. The van der Waals surface area contributed by atoms with Gasteiger partial charge in [-0.2, -0.15) is 5.10 Å². The molecule has 33 heavy (non-hydrogen) atoms. The van der Waals surface area contributed by atoms with Crippen molar-refractivity contribution < 1.29 is 28.6 Å². The molecule has 0 N–H and O–H groups in total. The van der Waals surface area contributed by atoms with Crippen molar-refractivity contribution in [3.05, 3.63) is 50.1 Å². The van der Waals surface area contributed by atoms with Gasteiger partial charge in [-0.05, 0) is 18.2 Å². The predicted molar refractivity (Wildman–Crippen MR) is 121 cm³/mol. The molecule has 1 aliphatic heterocycles. The number of nitro benzene ring substituents is 1. The van der Waals surface area contributed by atoms with Gasteiger partial charge in [-0.25, -0.2) is 4.68 Å². The SMILES string of the molecule is CN=c1scc(-c2cc(OC)c(OC)c(OC)c2)n1/N=C\c1cc2c(cc1[N+](=O)[O-])OCO2. The summed E-state index contributed by atoms with van der Waals surface area (Å²) < 4.78 is 28.5. The van der Waals surface area contributed by atoms with E-state index in [1.54, 1.807) is 23.9 Å². The lowest BCUT2D eigenvalue weighted by Crippen LogP contribution is -2.12. The molecule has 0 spiro atoms. The molecule has 3 aromatic rings. The van der Waals surface area contributed by atoms with Gasteiger partial charge in [0.05, 0.1) is 49.8 Å². The summed E-state index contributed by atoms with van der Waals surface area (Å²) in [4.78, 5) is 15.9. The molecule has 0 fully saturated rings. The van der Waals surface area contributed by atoms with Crippen LogP contribution in [0, 0.1) is 10.1 Å². The van der Waals surface area contributed by atoms with Crippen LogP contribution >= 0.6 is 11.3 Å². The highest BCUT2D eigenvalue weighted by atomic mass is 32.1. The quantitative estimate of drug-likeness (QED) is 0.294. The standard InChI is InChI=1S/C21H20N4O7S/c1-22-21-24(23-9-13-7-16-17(32-11-31-16)8-14(13)25(26)27)15(10-33-21)12-5-18(28-2)20(30-4)19(6-12)29-3/h5-10H,11H2,1-4H3/b22-21?,23-9-. The Morgan fingerprint density at radius 2 is 1.76 bits per heavy atom. The highest BCUT2D eigenvalue weighted by Crippen LogP contribution is 2.41. The Kier molecular flexibility index (Phi) is 6.18. The first-order valence-corrected chi connectivity index (χ1v) is 10.4. The predicted octanol–water partition coefficient (Wildman–Crippen LogP) is 3.29. The normalized spacial score (nSPS) is 12.9. The Labute approximate surface area is 192 Å². The Bertz CT molecular complexity index is 1290. The molecule has 4 rings (SSSR count). The highest BCUT2D eigenvalue weighted by molar-refractivity contribution is 7.07. The third-order valence-corrected chi connectivity index (χ3v) is 5.78. The Balaban J connectivity index is 1.84. The van der Waals surface area contributed by atoms with Gasteiger partial charge in [0.1, 0.15) is 0 Å². The molecule has 12 heteroatoms. The summed E-state index contributed by atoms with van der Waals surface area (Å²) in [5.41, 5.74) is 1.52. The van der Waals surface area contributed by atoms with E-state index in [0.29, 0.717) is 39.2 Å². The molecule has 1 aromatic heterocycles. The molecule has 0 saturated heterocycles. The molecule has 0 radical (unpaired) electrons. The molecule has 0 saturated carbocycles. The maximum absolute atomic E-state index is 11.6. The van der Waals surface area contributed by atoms with E-state index in [0.717, 1.165) is 5.56 Å². The van der Waals surface area contributed by atoms with Crippen molar-refractivity contribution in [2.45, 2.75) is 0 Å². The first-order chi connectivity index (χ1) is 16.0. The number of nitro groups is 1. The summed E-state index contributed by atoms with van der Waals surface area (Å²) in [6.07, 6.45) is 1.39. The third kappa shape index (κ3) is 4.07. The van der Waals surface area contributed by atoms with Gasteiger partial charge in [0, 0.05) is 18.0 Å². The number of ether oxygens (including phenoxy) is 5. The van der Waals surface area contributed by atoms with Gasteiger partial charge in [0.15, 0.2) is 23.0 Å². The minimum absolute atomic E-state index is 0.0104. The second-order valence-corrected chi connectivity index (χ2v) is 7.46. The highest BCUT2D eigenvalue weighted by Gasteiger charge is 2.23. The maximum Gasteiger partial charge on any atom is 0.282 e. The Hall–Kier alpha value is -4.06. The van der Waals surface area contributed by atoms with Gasteiger partial charge in [0.25, 0.3) is 5.69 Å². The molecular formula is C21H20N4O7S. The van der Waals surface area contributed by atoms with Crippen molar-refractivity contribution in [1.29, 1.82) is 0 Å². The van der Waals surface area contributed by atoms with E-state index in [1.165, 1.54) is 51.0 Å². The van der Waals surface area contributed by atoms with Crippen LogP contribution in [-0.2, 0) is 0 Å². The molecule has 2 heterocycles. The largest absolute Gasteiger partial charge is 0.493 e. The number of aromatic nitrogens is 1. The number of thiazole rings is 1. The molecule has 1 aliphatic rings. The molecular weight excluding hydrogens is 452 g/mol. The molecule has 2 aromatic carbocycles. The molecule has 0 atom stereocenters. The van der Waals surface area contributed by atoms with E-state index < -0.39 is 4.92 Å². The lowest BCUT2D eigenvalue weighted by Gasteiger charge is -2.14. The fourth-order valence-electron chi connectivity index (χ4n) is 3.32. The van der Waals surface area contributed by atoms with Gasteiger partial charge < -0.3 is 23.7 Å². The van der Waals surface area contributed by atoms with Crippen LogP contribution < -0.4 is 28.5 Å². The number of hydrogen-bond donors (Lipinski definition) is 0. The number of nitrogens with zero attached hydrogens (tertiary/aromatic N) is 4. The van der Waals surface area contributed by atoms with Gasteiger partial charge in [-0.1, -0.05) is 0 Å². The molecule has 0 bridgehead atoms. The van der Waals surface area contributed by atoms with E-state index in [-0.39, 0.29) is 18.0 Å². The van der Waals surface area contributed by atoms with Crippen molar-refractivity contribution in [1.82, 2.24) is 4.68 Å². The van der Waals surface area contributed by atoms with Crippen molar-refractivity contribution in [2.24, 2.45) is 10.1 Å². The van der Waals surface area contributed by atoms with Gasteiger partial charge in [-0.3, -0.25) is 15.1 Å². The van der Waals surface area contributed by atoms with Crippen LogP contribution in [0.2, 0.25) is 0 Å². The fourth-order valence-corrected chi connectivity index (χ4v) is 4.12. The zero-order valence-corrected chi connectivity index (χ0v) is 19.0. The first-order valence-electron chi connectivity index (χ1n) is 9.56. The second-order valence-electron chi connectivity index (χ2n) is 6.62. The summed E-state index contributed by atoms with van der Waals surface area (Å²) in [7, 11) is 6.24. The van der Waals surface area contributed by atoms with Gasteiger partial charge >= 0.3 is 0 Å². The molecule has 11 nitrogen and oxygen atoms in total. The zero-order valence-electron chi connectivity index (χ0n) is 18.2. The van der Waals surface area contributed by atoms with Crippen LogP contribution in [0.1, 0.15) is 5.56 Å². The second kappa shape index (κ2) is 9.20. The average molecular weight is 472 g/mol. The topological polar surface area (TPSA) is 119 Å².